The van der Waals surface area contributed by atoms with Crippen molar-refractivity contribution < 1.29 is 40.0 Å². The maximum Gasteiger partial charge on any atom is 0 e. The molecule has 2 aliphatic carbocycles. The monoisotopic (exact) mass is 470 g/mol. The molecule has 0 heterocycles. The van der Waals surface area contributed by atoms with Crippen LogP contribution in [-0.2, 0) is 37.1 Å². The van der Waals surface area contributed by atoms with Crippen molar-refractivity contribution in [3.63, 3.8) is 0 Å². The van der Waals surface area contributed by atoms with E-state index >= 15 is 0 Å². The fourth-order valence-corrected chi connectivity index (χ4v) is 4.37. The van der Waals surface area contributed by atoms with Crippen LogP contribution in [0, 0.1) is 36.8 Å². The topological polar surface area (TPSA) is 0 Å². The molecule has 28 heavy (non-hydrogen) atoms. The summed E-state index contributed by atoms with van der Waals surface area (Å²) in [5, 5.41) is 0. The van der Waals surface area contributed by atoms with Gasteiger partial charge in [0.15, 0.2) is 0 Å². The number of aryl methyl sites for hydroxylation is 1. The molecule has 0 unspecified atom stereocenters. The normalized spacial score (nSPS) is 26.6. The van der Waals surface area contributed by atoms with Gasteiger partial charge >= 0.3 is 0 Å². The van der Waals surface area contributed by atoms with Gasteiger partial charge in [0.05, 0.1) is 0 Å². The minimum atomic E-state index is 0. The molecule has 0 spiro atoms. The maximum atomic E-state index is 5.87. The third-order valence-electron chi connectivity index (χ3n) is 6.13. The third-order valence-corrected chi connectivity index (χ3v) is 6.13. The summed E-state index contributed by atoms with van der Waals surface area (Å²) in [5.74, 6) is 3.24. The summed E-state index contributed by atoms with van der Waals surface area (Å²) in [5.41, 5.74) is 4.73. The Kier molecular flexibility index (Phi) is 15.6. The van der Waals surface area contributed by atoms with Crippen LogP contribution in [0.15, 0.2) is 49.1 Å². The van der Waals surface area contributed by atoms with Crippen LogP contribution in [0.5, 0.6) is 0 Å². The zero-order valence-electron chi connectivity index (χ0n) is 17.1. The molecule has 3 rings (SSSR count). The van der Waals surface area contributed by atoms with Crippen molar-refractivity contribution in [3.8, 4) is 5.66 Å². The van der Waals surface area contributed by atoms with E-state index in [1.165, 1.54) is 56.9 Å². The van der Waals surface area contributed by atoms with Gasteiger partial charge in [-0.3, -0.25) is 0 Å². The minimum absolute atomic E-state index is 0. The summed E-state index contributed by atoms with van der Waals surface area (Å²) < 4.78 is 0. The van der Waals surface area contributed by atoms with Crippen LogP contribution in [0.4, 0.5) is 0 Å². The minimum Gasteiger partial charge on any atom is -0.731 e. The second-order valence-corrected chi connectivity index (χ2v) is 8.19. The molecule has 2 aliphatic rings. The molecule has 0 saturated heterocycles. The van der Waals surface area contributed by atoms with Crippen molar-refractivity contribution in [2.45, 2.75) is 64.2 Å². The summed E-state index contributed by atoms with van der Waals surface area (Å²) >= 11 is 0. The molecule has 2 fully saturated rings. The molecule has 0 amide bonds. The zero-order valence-corrected chi connectivity index (χ0v) is 20.9. The number of hydrogen-bond acceptors (Lipinski definition) is 0. The second-order valence-electron chi connectivity index (χ2n) is 7.94. The van der Waals surface area contributed by atoms with E-state index in [9.17, 15) is 0 Å². The Morgan fingerprint density at radius 2 is 1.29 bits per heavy atom. The number of allylic oxidation sites excluding steroid dienone is 3. The molecule has 0 bridgehead atoms. The Hall–Kier alpha value is -0.141. The molecule has 1 aromatic rings. The van der Waals surface area contributed by atoms with Crippen LogP contribution in [0.25, 0.3) is 0 Å². The van der Waals surface area contributed by atoms with Gasteiger partial charge in [0.25, 0.3) is 0 Å². The average Bonchev–Trinajstić information content (AvgIpc) is 2.68. The molecule has 0 atom stereocenters. The SMILES string of the molecule is C=CC1CCC(/C=C/C2CCC(c3ccc(C)cc3)CC2)CC1.[C-]#C[PH-].[HH].[HH].[V].[V]. The number of hydrogen-bond donors (Lipinski definition) is 0. The molecule has 0 aromatic heterocycles. The smallest absolute Gasteiger partial charge is 0 e. The first kappa shape index (κ1) is 27.9. The van der Waals surface area contributed by atoms with Crippen LogP contribution < -0.4 is 0 Å². The molecular formula is C25H37PV2-2. The van der Waals surface area contributed by atoms with E-state index in [1.54, 1.807) is 11.2 Å². The molecule has 0 nitrogen and oxygen atoms in total. The van der Waals surface area contributed by atoms with Crippen molar-refractivity contribution in [1.29, 1.82) is 0 Å². The first-order valence-electron chi connectivity index (χ1n) is 10.1. The van der Waals surface area contributed by atoms with E-state index in [0.717, 1.165) is 23.7 Å². The predicted molar refractivity (Wildman–Crippen MR) is 120 cm³/mol. The van der Waals surface area contributed by atoms with E-state index < -0.39 is 0 Å². The van der Waals surface area contributed by atoms with E-state index in [-0.39, 0.29) is 40.0 Å². The average molecular weight is 470 g/mol. The van der Waals surface area contributed by atoms with E-state index in [4.69, 9.17) is 6.42 Å². The Labute approximate surface area is 202 Å². The van der Waals surface area contributed by atoms with Gasteiger partial charge in [-0.15, -0.1) is 6.58 Å². The van der Waals surface area contributed by atoms with E-state index in [2.05, 4.69) is 65.2 Å². The Morgan fingerprint density at radius 3 is 1.71 bits per heavy atom. The van der Waals surface area contributed by atoms with Gasteiger partial charge in [-0.05, 0) is 87.5 Å². The maximum absolute atomic E-state index is 5.87. The van der Waals surface area contributed by atoms with Gasteiger partial charge in [0, 0.05) is 40.0 Å². The molecule has 2 radical (unpaired) electrons. The van der Waals surface area contributed by atoms with Crippen molar-refractivity contribution in [2.75, 3.05) is 0 Å². The zero-order chi connectivity index (χ0) is 18.8. The van der Waals surface area contributed by atoms with Crippen LogP contribution in [-0.4, -0.2) is 0 Å². The van der Waals surface area contributed by atoms with Crippen molar-refractivity contribution in [1.82, 2.24) is 0 Å². The Balaban J connectivity index is -0.000000984. The summed E-state index contributed by atoms with van der Waals surface area (Å²) in [6.07, 6.45) is 24.0. The first-order valence-corrected chi connectivity index (χ1v) is 10.6. The molecule has 0 N–H and O–H groups in total. The summed E-state index contributed by atoms with van der Waals surface area (Å²) in [7, 11) is 2.60. The van der Waals surface area contributed by atoms with Gasteiger partial charge in [-0.2, -0.15) is 0 Å². The predicted octanol–water partition coefficient (Wildman–Crippen LogP) is 7.98. The Bertz CT molecular complexity index is 609. The second kappa shape index (κ2) is 15.7. The van der Waals surface area contributed by atoms with Crippen LogP contribution in [0.1, 0.15) is 71.3 Å². The first-order chi connectivity index (χ1) is 12.7. The van der Waals surface area contributed by atoms with Crippen LogP contribution in [0.2, 0.25) is 0 Å². The molecule has 2 saturated carbocycles. The molecule has 3 heteroatoms. The molecule has 0 aliphatic heterocycles. The summed E-state index contributed by atoms with van der Waals surface area (Å²) in [4.78, 5) is 0. The molecule has 1 aromatic carbocycles. The standard InChI is InChI=1S/C23H32.C2HP.2V.2H2/c1-3-19-6-8-20(9-7-19)10-11-21-12-16-23(17-13-21)22-14-4-18(2)5-15-22;1-2-3;;;;/h3-5,10-11,14-15,19-21,23H,1,6-9,12-13,16-17H2,2H3;3H;;;2*1H/q;-2;;;;/b11-10+;;;;;. The quantitative estimate of drug-likeness (QED) is 0.181. The van der Waals surface area contributed by atoms with Gasteiger partial charge < -0.3 is 21.3 Å². The van der Waals surface area contributed by atoms with Crippen molar-refractivity contribution in [3.05, 3.63) is 66.6 Å². The largest absolute Gasteiger partial charge is 0.731 e. The fraction of sp³-hybridized carbons (Fsp3) is 0.520. The number of rotatable bonds is 4. The fourth-order valence-electron chi connectivity index (χ4n) is 4.37. The van der Waals surface area contributed by atoms with Crippen molar-refractivity contribution >= 4 is 9.24 Å². The van der Waals surface area contributed by atoms with Gasteiger partial charge in [0.2, 0.25) is 0 Å². The van der Waals surface area contributed by atoms with E-state index in [1.807, 2.05) is 0 Å². The van der Waals surface area contributed by atoms with E-state index in [0.29, 0.717) is 0 Å². The summed E-state index contributed by atoms with van der Waals surface area (Å²) in [6.45, 7) is 6.12. The van der Waals surface area contributed by atoms with Gasteiger partial charge in [-0.1, -0.05) is 48.1 Å². The Morgan fingerprint density at radius 1 is 0.893 bits per heavy atom. The summed E-state index contributed by atoms with van der Waals surface area (Å²) in [6, 6.07) is 9.21. The molecular weight excluding hydrogens is 433 g/mol. The molecule has 154 valence electrons. The van der Waals surface area contributed by atoms with Crippen LogP contribution >= 0.6 is 9.24 Å². The number of benzene rings is 1. The van der Waals surface area contributed by atoms with Crippen LogP contribution in [0.3, 0.4) is 0 Å². The third kappa shape index (κ3) is 9.57. The van der Waals surface area contributed by atoms with Crippen molar-refractivity contribution in [2.24, 2.45) is 17.8 Å². The van der Waals surface area contributed by atoms with Gasteiger partial charge in [-0.25, -0.2) is 0 Å². The van der Waals surface area contributed by atoms with Gasteiger partial charge in [0.1, 0.15) is 0 Å².